The summed E-state index contributed by atoms with van der Waals surface area (Å²) < 4.78 is 36.2. The molecule has 0 saturated carbocycles. The van der Waals surface area contributed by atoms with Gasteiger partial charge in [-0.2, -0.15) is 14.9 Å². The molecular weight excluding hydrogens is 1110 g/mol. The number of likely N-dealkylation sites (N-methyl/N-ethyl adjacent to an activating group) is 2. The van der Waals surface area contributed by atoms with Gasteiger partial charge in [-0.1, -0.05) is 60.8 Å². The first-order valence-corrected chi connectivity index (χ1v) is 24.2. The van der Waals surface area contributed by atoms with E-state index in [4.69, 9.17) is 33.2 Å². The largest absolute Gasteiger partial charge is 0.494 e. The van der Waals surface area contributed by atoms with Gasteiger partial charge in [0, 0.05) is 86.2 Å². The second-order valence-electron chi connectivity index (χ2n) is 14.9. The Morgan fingerprint density at radius 3 is 1.71 bits per heavy atom. The molecule has 7 rings (SSSR count). The van der Waals surface area contributed by atoms with Gasteiger partial charge in [0.15, 0.2) is 44.3 Å². The van der Waals surface area contributed by atoms with Gasteiger partial charge < -0.3 is 51.2 Å². The number of halogens is 4. The highest BCUT2D eigenvalue weighted by Crippen LogP contribution is 2.32. The molecule has 0 bridgehead atoms. The highest BCUT2D eigenvalue weighted by Gasteiger charge is 2.21. The number of Topliss-reactive ketones (excluding diaryl/α,β-unsaturated/α-hetero) is 1. The number of aliphatic imine (C=N–C) groups is 1. The molecule has 2 saturated heterocycles. The fraction of sp³-hybridized carbons (Fsp3) is 0.354. The first-order valence-electron chi connectivity index (χ1n) is 20.9. The van der Waals surface area contributed by atoms with Crippen molar-refractivity contribution in [3.8, 4) is 11.5 Å². The van der Waals surface area contributed by atoms with Crippen LogP contribution in [0.15, 0.2) is 89.9 Å². The number of alkyl halides is 1. The number of rotatable bonds is 12. The van der Waals surface area contributed by atoms with Gasteiger partial charge in [0.25, 0.3) is 0 Å². The number of ether oxygens (including phenoxy) is 2. The number of benzene rings is 4. The second-order valence-corrected chi connectivity index (χ2v) is 18.2. The smallest absolute Gasteiger partial charge is 0.206 e. The van der Waals surface area contributed by atoms with Crippen LogP contribution in [0, 0.1) is 11.6 Å². The summed E-state index contributed by atoms with van der Waals surface area (Å²) in [6.07, 6.45) is 0. The van der Waals surface area contributed by atoms with E-state index in [1.54, 1.807) is 0 Å². The van der Waals surface area contributed by atoms with Crippen molar-refractivity contribution >= 4 is 134 Å². The minimum atomic E-state index is -0.529. The van der Waals surface area contributed by atoms with Crippen molar-refractivity contribution in [1.82, 2.24) is 14.8 Å². The first kappa shape index (κ1) is 63.5. The Morgan fingerprint density at radius 2 is 1.26 bits per heavy atom. The molecule has 1 unspecified atom stereocenters. The molecule has 4 aromatic carbocycles. The third kappa shape index (κ3) is 18.9. The molecule has 1 atom stereocenters. The molecule has 22 heteroatoms. The van der Waals surface area contributed by atoms with Crippen LogP contribution in [-0.2, 0) is 0 Å². The number of thiocarbonyl (C=S) groups is 1. The van der Waals surface area contributed by atoms with E-state index in [2.05, 4.69) is 94.5 Å². The van der Waals surface area contributed by atoms with Crippen LogP contribution in [0.2, 0.25) is 0 Å². The third-order valence-corrected chi connectivity index (χ3v) is 12.7. The zero-order valence-electron chi connectivity index (χ0n) is 38.6. The van der Waals surface area contributed by atoms with E-state index in [0.29, 0.717) is 25.9 Å². The number of methoxy groups -OCH3 is 2. The molecule has 0 aliphatic carbocycles. The summed E-state index contributed by atoms with van der Waals surface area (Å²) in [5.74, 6) is -0.302. The lowest BCUT2D eigenvalue weighted by atomic mass is 10.1. The average Bonchev–Trinajstić information content (AvgIpc) is 3.69. The topological polar surface area (TPSA) is 167 Å². The van der Waals surface area contributed by atoms with Crippen molar-refractivity contribution < 1.29 is 27.8 Å². The zero-order chi connectivity index (χ0) is 47.8. The van der Waals surface area contributed by atoms with Crippen LogP contribution in [0.4, 0.5) is 42.5 Å². The van der Waals surface area contributed by atoms with Crippen LogP contribution in [0.1, 0.15) is 47.4 Å². The number of thioether (sulfide) groups is 1. The Balaban J connectivity index is 0.000000553. The van der Waals surface area contributed by atoms with Crippen molar-refractivity contribution in [1.29, 1.82) is 0 Å². The summed E-state index contributed by atoms with van der Waals surface area (Å²) in [5.41, 5.74) is 16.7. The molecule has 2 aliphatic heterocycles. The number of amidine groups is 1. The van der Waals surface area contributed by atoms with Crippen molar-refractivity contribution in [2.75, 3.05) is 118 Å². The number of nitrogen functional groups attached to an aromatic ring is 1. The molecule has 14 nitrogen and oxygen atoms in total. The van der Waals surface area contributed by atoms with Crippen LogP contribution in [0.25, 0.3) is 0 Å². The Bertz CT molecular complexity index is 2440. The number of hydrogen-bond acceptors (Lipinski definition) is 14. The molecule has 6 N–H and O–H groups in total. The number of hydrogen-bond donors (Lipinski definition) is 4. The lowest BCUT2D eigenvalue weighted by Crippen LogP contribution is -2.44. The molecule has 0 amide bonds. The number of piperazine rings is 2. The number of anilines is 6. The lowest BCUT2D eigenvalue weighted by Gasteiger charge is -2.34. The van der Waals surface area contributed by atoms with E-state index < -0.39 is 11.6 Å². The maximum absolute atomic E-state index is 13.6. The third-order valence-electron chi connectivity index (χ3n) is 10.3. The highest BCUT2D eigenvalue weighted by molar-refractivity contribution is 9.09. The molecule has 5 aromatic rings. The normalized spacial score (nSPS) is 13.5. The van der Waals surface area contributed by atoms with Crippen molar-refractivity contribution in [3.63, 3.8) is 0 Å². The maximum atomic E-state index is 13.6. The van der Waals surface area contributed by atoms with Gasteiger partial charge >= 0.3 is 0 Å². The van der Waals surface area contributed by atoms with Crippen molar-refractivity contribution in [3.05, 3.63) is 113 Å². The number of nitrogens with two attached hydrogens (primary N) is 2. The Labute approximate surface area is 447 Å². The summed E-state index contributed by atoms with van der Waals surface area (Å²) in [6.45, 7) is 10.5. The average molecular weight is 1170 g/mol. The van der Waals surface area contributed by atoms with E-state index in [1.165, 1.54) is 73.8 Å². The summed E-state index contributed by atoms with van der Waals surface area (Å²) in [6, 6.07) is 24.4. The van der Waals surface area contributed by atoms with Crippen molar-refractivity contribution in [2.45, 2.75) is 21.8 Å². The first-order chi connectivity index (χ1) is 31.7. The lowest BCUT2D eigenvalue weighted by molar-refractivity contribution is 0.102. The van der Waals surface area contributed by atoms with Crippen LogP contribution in [-0.4, -0.2) is 128 Å². The highest BCUT2D eigenvalue weighted by atomic mass is 79.9. The molecular formula is C48H67Br2F2N10O4PS3. The molecule has 384 valence electrons. The van der Waals surface area contributed by atoms with Crippen LogP contribution in [0.5, 0.6) is 11.5 Å². The predicted octanol–water partition coefficient (Wildman–Crippen LogP) is 10.1. The minimum Gasteiger partial charge on any atom is -0.494 e. The van der Waals surface area contributed by atoms with Crippen LogP contribution in [0.3, 0.4) is 0 Å². The number of nitrogens with zero attached hydrogens (tertiary/aromatic N) is 6. The zero-order valence-corrected chi connectivity index (χ0v) is 45.8. The minimum absolute atomic E-state index is 0. The van der Waals surface area contributed by atoms with E-state index in [0.717, 1.165) is 80.8 Å². The van der Waals surface area contributed by atoms with Gasteiger partial charge in [-0.3, -0.25) is 9.59 Å². The molecule has 2 fully saturated rings. The number of aromatic nitrogens is 1. The van der Waals surface area contributed by atoms with E-state index in [1.807, 2.05) is 31.2 Å². The molecule has 3 heterocycles. The van der Waals surface area contributed by atoms with Gasteiger partial charge in [0.05, 0.1) is 19.5 Å². The van der Waals surface area contributed by atoms with Crippen LogP contribution >= 0.6 is 78.1 Å². The second kappa shape index (κ2) is 31.8. The maximum Gasteiger partial charge on any atom is 0.206 e. The molecule has 1 aromatic heterocycles. The number of carbonyl (C=O) groups is 2. The summed E-state index contributed by atoms with van der Waals surface area (Å²) in [4.78, 5) is 42.1. The molecule has 2 aliphatic rings. The van der Waals surface area contributed by atoms with Crippen molar-refractivity contribution in [2.24, 2.45) is 10.7 Å². The molecule has 0 spiro atoms. The van der Waals surface area contributed by atoms with Crippen LogP contribution < -0.4 is 41.4 Å². The quantitative estimate of drug-likeness (QED) is 0.0233. The predicted molar refractivity (Wildman–Crippen MR) is 310 cm³/mol. The fourth-order valence-corrected chi connectivity index (χ4v) is 8.50. The van der Waals surface area contributed by atoms with E-state index >= 15 is 0 Å². The number of thiazole rings is 1. The Hall–Kier alpha value is -4.47. The monoisotopic (exact) mass is 1170 g/mol. The van der Waals surface area contributed by atoms with E-state index in [9.17, 15) is 18.4 Å². The van der Waals surface area contributed by atoms with Gasteiger partial charge in [-0.05, 0) is 117 Å². The van der Waals surface area contributed by atoms with E-state index in [-0.39, 0.29) is 81.5 Å². The summed E-state index contributed by atoms with van der Waals surface area (Å²) in [7, 11) is 7.01. The summed E-state index contributed by atoms with van der Waals surface area (Å²) >= 11 is 10.9. The Morgan fingerprint density at radius 1 is 0.800 bits per heavy atom. The van der Waals surface area contributed by atoms with Gasteiger partial charge in [-0.25, -0.2) is 13.8 Å². The standard InChI is InChI=1S/C22H24FN5O2S.C15H23N5S2.C9H8BrFO2.2CH4.BrH.H3P/c1-27-9-11-28(12-10-27)16-6-4-15(5-7-16)25-22-26-21(24)20(31-22)19(29)14-3-8-17(23)18(13-14)30-2;1-3-22-14(16)18-15(21)17-12-4-6-13(7-5-12)20-10-8-19(2)9-11-20;1-13-9-4-6(8(12)5-10)2-3-7(9)11;;;;/h3-8,13H,9-12,24H2,1-2H3,(H,25,26);4-7H,3,8-11H2,1-2H3,(H3,16,17,18,21);2-4H,5H2,1H3;2*1H4;1H;1H3. The fourth-order valence-electron chi connectivity index (χ4n) is 6.59. The van der Waals surface area contributed by atoms with Gasteiger partial charge in [0.1, 0.15) is 10.7 Å². The molecule has 0 radical (unpaired) electrons. The summed E-state index contributed by atoms with van der Waals surface area (Å²) in [5, 5.41) is 7.93. The SMILES string of the molecule is Br.C.C.CCSC(N)=NC(=S)Nc1ccc(N2CCN(C)CC2)cc1.COc1cc(C(=O)CBr)ccc1F.COc1cc(C(=O)c2sc(Nc3ccc(N4CCN(C)CC4)cc3)nc2N)ccc1F.P. The number of carbonyl (C=O) groups excluding carboxylic acids is 2. The number of nitrogens with one attached hydrogen (secondary N) is 2. The van der Waals surface area contributed by atoms with Gasteiger partial charge in [0.2, 0.25) is 5.78 Å². The Kier molecular flexibility index (Phi) is 28.8. The van der Waals surface area contributed by atoms with Gasteiger partial charge in [-0.15, -0.1) is 17.0 Å². The number of ketones is 2. The molecule has 70 heavy (non-hydrogen) atoms.